The molecule has 1 aliphatic rings. The minimum absolute atomic E-state index is 0.0718. The van der Waals surface area contributed by atoms with Gasteiger partial charge in [-0.05, 0) is 5.92 Å². The first-order valence-electron chi connectivity index (χ1n) is 6.63. The zero-order valence-electron chi connectivity index (χ0n) is 12.7. The molecule has 1 aliphatic heterocycles. The van der Waals surface area contributed by atoms with Crippen LogP contribution in [0.1, 0.15) is 20.3 Å². The third-order valence-electron chi connectivity index (χ3n) is 2.54. The highest BCUT2D eigenvalue weighted by atomic mass is 32.2. The normalized spacial score (nSPS) is 15.8. The van der Waals surface area contributed by atoms with Crippen LogP contribution in [-0.2, 0) is 14.4 Å². The van der Waals surface area contributed by atoms with Crippen molar-refractivity contribution in [2.45, 2.75) is 26.3 Å². The highest BCUT2D eigenvalue weighted by molar-refractivity contribution is 7.99. The lowest BCUT2D eigenvalue weighted by Gasteiger charge is -2.11. The first-order chi connectivity index (χ1) is 10.2. The fourth-order valence-electron chi connectivity index (χ4n) is 1.00. The smallest absolute Gasteiger partial charge is 0.328 e. The molecule has 0 bridgehead atoms. The van der Waals surface area contributed by atoms with Gasteiger partial charge in [0.2, 0.25) is 0 Å². The van der Waals surface area contributed by atoms with Crippen LogP contribution in [0, 0.1) is 5.92 Å². The minimum atomic E-state index is -1.26. The largest absolute Gasteiger partial charge is 0.480 e. The molecule has 128 valence electrons. The van der Waals surface area contributed by atoms with E-state index >= 15 is 0 Å². The highest BCUT2D eigenvalue weighted by Gasteiger charge is 2.17. The van der Waals surface area contributed by atoms with Gasteiger partial charge in [0, 0.05) is 30.3 Å². The fraction of sp³-hybridized carbons (Fsp3) is 0.615. The number of hydrogen-bond acceptors (Lipinski definition) is 6. The summed E-state index contributed by atoms with van der Waals surface area (Å²) in [4.78, 5) is 29.3. The molecular formula is C13H24N2O6S. The Morgan fingerprint density at radius 2 is 1.73 bits per heavy atom. The van der Waals surface area contributed by atoms with Gasteiger partial charge in [0.1, 0.15) is 6.04 Å². The first kappa shape index (κ1) is 22.7. The summed E-state index contributed by atoms with van der Waals surface area (Å²) in [6, 6.07) is -0.699. The zero-order chi connectivity index (χ0) is 17.5. The molecule has 2 atom stereocenters. The van der Waals surface area contributed by atoms with Gasteiger partial charge in [0.25, 0.3) is 0 Å². The van der Waals surface area contributed by atoms with E-state index in [1.807, 2.05) is 25.6 Å². The van der Waals surface area contributed by atoms with Crippen molar-refractivity contribution >= 4 is 29.7 Å². The second-order valence-corrected chi connectivity index (χ2v) is 5.42. The minimum Gasteiger partial charge on any atom is -0.480 e. The summed E-state index contributed by atoms with van der Waals surface area (Å²) in [6.45, 7) is 4.97. The number of nitrogens with one attached hydrogen (secondary N) is 1. The second kappa shape index (κ2) is 14.4. The van der Waals surface area contributed by atoms with E-state index in [4.69, 9.17) is 21.1 Å². The maximum atomic E-state index is 10.2. The van der Waals surface area contributed by atoms with Gasteiger partial charge in [-0.15, -0.1) is 11.8 Å². The van der Waals surface area contributed by atoms with Crippen molar-refractivity contribution in [2.24, 2.45) is 11.7 Å². The monoisotopic (exact) mass is 336 g/mol. The van der Waals surface area contributed by atoms with Crippen LogP contribution in [-0.4, -0.2) is 57.4 Å². The third kappa shape index (κ3) is 16.5. The predicted octanol–water partition coefficient (Wildman–Crippen LogP) is 0.437. The number of aliphatic carboxylic acids is 3. The van der Waals surface area contributed by atoms with Crippen molar-refractivity contribution in [2.75, 3.05) is 18.2 Å². The van der Waals surface area contributed by atoms with Crippen molar-refractivity contribution in [3.8, 4) is 0 Å². The summed E-state index contributed by atoms with van der Waals surface area (Å²) in [7, 11) is 0. The molecular weight excluding hydrogens is 312 g/mol. The Morgan fingerprint density at radius 3 is 1.86 bits per heavy atom. The fourth-order valence-corrected chi connectivity index (χ4v) is 1.72. The number of nitrogens with two attached hydrogens (primary N) is 1. The van der Waals surface area contributed by atoms with Crippen molar-refractivity contribution in [3.05, 3.63) is 12.2 Å². The number of hydrogen-bond donors (Lipinski definition) is 5. The zero-order valence-corrected chi connectivity index (χ0v) is 13.5. The van der Waals surface area contributed by atoms with Gasteiger partial charge in [-0.1, -0.05) is 20.3 Å². The molecule has 22 heavy (non-hydrogen) atoms. The Morgan fingerprint density at radius 1 is 1.23 bits per heavy atom. The molecule has 2 unspecified atom stereocenters. The molecule has 8 nitrogen and oxygen atoms in total. The van der Waals surface area contributed by atoms with Crippen LogP contribution in [0.3, 0.4) is 0 Å². The van der Waals surface area contributed by atoms with Crippen LogP contribution in [0.25, 0.3) is 0 Å². The van der Waals surface area contributed by atoms with Gasteiger partial charge in [-0.25, -0.2) is 9.59 Å². The summed E-state index contributed by atoms with van der Waals surface area (Å²) in [5.41, 5.74) is 5.27. The molecule has 0 spiro atoms. The molecule has 1 saturated heterocycles. The summed E-state index contributed by atoms with van der Waals surface area (Å²) < 4.78 is 0. The molecule has 1 rings (SSSR count). The maximum absolute atomic E-state index is 10.2. The first-order valence-corrected chi connectivity index (χ1v) is 7.78. The predicted molar refractivity (Wildman–Crippen MR) is 84.8 cm³/mol. The Labute approximate surface area is 133 Å². The molecule has 9 heteroatoms. The molecule has 1 heterocycles. The van der Waals surface area contributed by atoms with E-state index in [1.165, 1.54) is 18.2 Å². The van der Waals surface area contributed by atoms with E-state index in [-0.39, 0.29) is 5.92 Å². The summed E-state index contributed by atoms with van der Waals surface area (Å²) >= 11 is 1.96. The molecule has 6 N–H and O–H groups in total. The third-order valence-corrected chi connectivity index (χ3v) is 3.44. The second-order valence-electron chi connectivity index (χ2n) is 4.31. The van der Waals surface area contributed by atoms with Crippen LogP contribution >= 0.6 is 11.8 Å². The van der Waals surface area contributed by atoms with Crippen molar-refractivity contribution in [1.82, 2.24) is 5.32 Å². The van der Waals surface area contributed by atoms with E-state index in [2.05, 4.69) is 5.32 Å². The molecule has 1 fully saturated rings. The van der Waals surface area contributed by atoms with Gasteiger partial charge in [0.15, 0.2) is 0 Å². The molecule has 0 saturated carbocycles. The Kier molecular flexibility index (Phi) is 14.8. The van der Waals surface area contributed by atoms with Crippen LogP contribution in [0.15, 0.2) is 12.2 Å². The Hall–Kier alpha value is -1.58. The van der Waals surface area contributed by atoms with E-state index < -0.39 is 23.9 Å². The van der Waals surface area contributed by atoms with E-state index in [0.717, 1.165) is 6.42 Å². The average molecular weight is 336 g/mol. The van der Waals surface area contributed by atoms with Gasteiger partial charge < -0.3 is 26.4 Å². The summed E-state index contributed by atoms with van der Waals surface area (Å²) in [5, 5.41) is 27.2. The standard InChI is InChI=1S/C6H13NO2.C4H4O4.C3H7NS/c1-3-4(2)5(7)6(8)9;5-3(6)1-2-4(7)8;1-2-5-3-4-1/h4-5H,3,7H2,1-2H3,(H,8,9);1-2H,(H,5,6)(H,7,8);4H,1-3H2/b;2-1+;. The van der Waals surface area contributed by atoms with Crippen LogP contribution in [0.4, 0.5) is 0 Å². The van der Waals surface area contributed by atoms with Crippen molar-refractivity contribution in [1.29, 1.82) is 0 Å². The van der Waals surface area contributed by atoms with Crippen molar-refractivity contribution in [3.63, 3.8) is 0 Å². The molecule has 0 radical (unpaired) electrons. The average Bonchev–Trinajstić information content (AvgIpc) is 3.03. The van der Waals surface area contributed by atoms with Crippen LogP contribution in [0.5, 0.6) is 0 Å². The molecule has 0 aromatic heterocycles. The molecule has 0 aromatic carbocycles. The number of carboxylic acids is 3. The number of carbonyl (C=O) groups is 3. The van der Waals surface area contributed by atoms with Crippen LogP contribution in [0.2, 0.25) is 0 Å². The maximum Gasteiger partial charge on any atom is 0.328 e. The quantitative estimate of drug-likeness (QED) is 0.450. The lowest BCUT2D eigenvalue weighted by atomic mass is 10.0. The van der Waals surface area contributed by atoms with Gasteiger partial charge in [-0.3, -0.25) is 4.79 Å². The van der Waals surface area contributed by atoms with E-state index in [1.54, 1.807) is 0 Å². The molecule has 0 aliphatic carbocycles. The van der Waals surface area contributed by atoms with Gasteiger partial charge in [0.05, 0.1) is 0 Å². The number of thioether (sulfide) groups is 1. The topological polar surface area (TPSA) is 150 Å². The highest BCUT2D eigenvalue weighted by Crippen LogP contribution is 2.04. The summed E-state index contributed by atoms with van der Waals surface area (Å²) in [5.74, 6) is -0.883. The molecule has 0 amide bonds. The van der Waals surface area contributed by atoms with E-state index in [0.29, 0.717) is 12.2 Å². The number of carboxylic acid groups (broad SMARTS) is 3. The van der Waals surface area contributed by atoms with Gasteiger partial charge in [-0.2, -0.15) is 0 Å². The number of rotatable bonds is 5. The van der Waals surface area contributed by atoms with Gasteiger partial charge >= 0.3 is 17.9 Å². The Balaban J connectivity index is 0. The van der Waals surface area contributed by atoms with E-state index in [9.17, 15) is 14.4 Å². The SMILES string of the molecule is C1CSCN1.CCC(C)C(N)C(=O)O.O=C(O)/C=C/C(=O)O. The molecule has 0 aromatic rings. The van der Waals surface area contributed by atoms with Crippen molar-refractivity contribution < 1.29 is 29.7 Å². The van der Waals surface area contributed by atoms with Crippen LogP contribution < -0.4 is 11.1 Å². The summed E-state index contributed by atoms with van der Waals surface area (Å²) in [6.07, 6.45) is 1.93. The Bertz CT molecular complexity index is 348. The lowest BCUT2D eigenvalue weighted by molar-refractivity contribution is -0.139. The lowest BCUT2D eigenvalue weighted by Crippen LogP contribution is -2.36.